The number of nitrogens with one attached hydrogen (secondary N) is 1. The molecule has 2 aliphatic rings. The van der Waals surface area contributed by atoms with Crippen molar-refractivity contribution in [3.8, 4) is 0 Å². The molecule has 130 valence electrons. The van der Waals surface area contributed by atoms with Crippen molar-refractivity contribution in [2.75, 3.05) is 45.1 Å². The molecule has 3 rings (SSSR count). The Kier molecular flexibility index (Phi) is 5.35. The van der Waals surface area contributed by atoms with E-state index in [1.165, 1.54) is 0 Å². The summed E-state index contributed by atoms with van der Waals surface area (Å²) >= 11 is 0. The predicted octanol–water partition coefficient (Wildman–Crippen LogP) is 0.845. The lowest BCUT2D eigenvalue weighted by molar-refractivity contribution is 0.0714. The highest BCUT2D eigenvalue weighted by Crippen LogP contribution is 2.26. The zero-order valence-corrected chi connectivity index (χ0v) is 14.5. The SMILES string of the molecule is CCN1CCN(S(=O)(=O)CC2CCOCC2)CC1c1ncc[nH]1. The Balaban J connectivity index is 1.69. The van der Waals surface area contributed by atoms with Gasteiger partial charge in [-0.2, -0.15) is 4.31 Å². The number of nitrogens with zero attached hydrogens (tertiary/aromatic N) is 3. The third-order valence-electron chi connectivity index (χ3n) is 4.88. The number of aromatic amines is 1. The maximum Gasteiger partial charge on any atom is 0.214 e. The fourth-order valence-electron chi connectivity index (χ4n) is 3.46. The number of hydrogen-bond donors (Lipinski definition) is 1. The number of ether oxygens (including phenoxy) is 1. The molecule has 0 radical (unpaired) electrons. The molecule has 2 aliphatic heterocycles. The monoisotopic (exact) mass is 342 g/mol. The minimum atomic E-state index is -3.23. The molecule has 1 aromatic heterocycles. The average molecular weight is 342 g/mol. The molecule has 0 bridgehead atoms. The summed E-state index contributed by atoms with van der Waals surface area (Å²) < 4.78 is 32.6. The van der Waals surface area contributed by atoms with Crippen molar-refractivity contribution in [3.05, 3.63) is 18.2 Å². The topological polar surface area (TPSA) is 78.5 Å². The van der Waals surface area contributed by atoms with Gasteiger partial charge in [-0.1, -0.05) is 6.92 Å². The fourth-order valence-corrected chi connectivity index (χ4v) is 5.33. The van der Waals surface area contributed by atoms with Crippen molar-refractivity contribution < 1.29 is 13.2 Å². The Bertz CT molecular complexity index is 584. The van der Waals surface area contributed by atoms with Crippen LogP contribution in [0.25, 0.3) is 0 Å². The molecule has 8 heteroatoms. The number of piperazine rings is 1. The molecular formula is C15H26N4O3S. The van der Waals surface area contributed by atoms with Crippen LogP contribution in [0.15, 0.2) is 12.4 Å². The molecule has 2 saturated heterocycles. The second-order valence-electron chi connectivity index (χ2n) is 6.31. The molecule has 1 aromatic rings. The lowest BCUT2D eigenvalue weighted by Crippen LogP contribution is -2.51. The zero-order chi connectivity index (χ0) is 16.3. The van der Waals surface area contributed by atoms with Crippen LogP contribution in [0, 0.1) is 5.92 Å². The Morgan fingerprint density at radius 1 is 1.35 bits per heavy atom. The van der Waals surface area contributed by atoms with Gasteiger partial charge in [0.1, 0.15) is 5.82 Å². The molecule has 0 spiro atoms. The predicted molar refractivity (Wildman–Crippen MR) is 87.5 cm³/mol. The van der Waals surface area contributed by atoms with Gasteiger partial charge in [-0.25, -0.2) is 13.4 Å². The number of likely N-dealkylation sites (N-methyl/N-ethyl adjacent to an activating group) is 1. The highest BCUT2D eigenvalue weighted by atomic mass is 32.2. The van der Waals surface area contributed by atoms with Gasteiger partial charge >= 0.3 is 0 Å². The lowest BCUT2D eigenvalue weighted by Gasteiger charge is -2.39. The summed E-state index contributed by atoms with van der Waals surface area (Å²) in [6.45, 7) is 6.14. The van der Waals surface area contributed by atoms with E-state index in [2.05, 4.69) is 21.8 Å². The van der Waals surface area contributed by atoms with Crippen LogP contribution in [-0.4, -0.2) is 72.7 Å². The standard InChI is InChI=1S/C15H26N4O3S/c1-2-18-7-8-19(11-14(18)15-16-5-6-17-15)23(20,21)12-13-3-9-22-10-4-13/h5-6,13-14H,2-4,7-12H2,1H3,(H,16,17). The van der Waals surface area contributed by atoms with E-state index < -0.39 is 10.0 Å². The van der Waals surface area contributed by atoms with Crippen molar-refractivity contribution in [1.82, 2.24) is 19.2 Å². The average Bonchev–Trinajstić information content (AvgIpc) is 3.09. The van der Waals surface area contributed by atoms with Crippen molar-refractivity contribution >= 4 is 10.0 Å². The van der Waals surface area contributed by atoms with E-state index >= 15 is 0 Å². The molecule has 0 amide bonds. The zero-order valence-electron chi connectivity index (χ0n) is 13.6. The quantitative estimate of drug-likeness (QED) is 0.858. The van der Waals surface area contributed by atoms with Gasteiger partial charge in [-0.3, -0.25) is 4.90 Å². The van der Waals surface area contributed by atoms with E-state index in [9.17, 15) is 8.42 Å². The summed E-state index contributed by atoms with van der Waals surface area (Å²) in [5, 5.41) is 0. The molecule has 1 atom stereocenters. The van der Waals surface area contributed by atoms with E-state index in [1.54, 1.807) is 16.7 Å². The van der Waals surface area contributed by atoms with Gasteiger partial charge in [0.25, 0.3) is 0 Å². The minimum Gasteiger partial charge on any atom is -0.381 e. The summed E-state index contributed by atoms with van der Waals surface area (Å²) in [4.78, 5) is 9.75. The van der Waals surface area contributed by atoms with Crippen LogP contribution in [0.2, 0.25) is 0 Å². The first kappa shape index (κ1) is 16.9. The van der Waals surface area contributed by atoms with Crippen LogP contribution in [0.3, 0.4) is 0 Å². The molecule has 0 saturated carbocycles. The first-order valence-corrected chi connectivity index (χ1v) is 10.00. The van der Waals surface area contributed by atoms with Crippen LogP contribution < -0.4 is 0 Å². The molecule has 3 heterocycles. The van der Waals surface area contributed by atoms with E-state index in [4.69, 9.17) is 4.74 Å². The van der Waals surface area contributed by atoms with Crippen LogP contribution in [0.5, 0.6) is 0 Å². The van der Waals surface area contributed by atoms with E-state index in [0.717, 1.165) is 31.8 Å². The normalized spacial score (nSPS) is 25.7. The number of imidazole rings is 1. The Labute approximate surface area is 138 Å². The number of hydrogen-bond acceptors (Lipinski definition) is 5. The van der Waals surface area contributed by atoms with Crippen molar-refractivity contribution in [1.29, 1.82) is 0 Å². The van der Waals surface area contributed by atoms with Gasteiger partial charge < -0.3 is 9.72 Å². The summed E-state index contributed by atoms with van der Waals surface area (Å²) in [5.74, 6) is 1.31. The summed E-state index contributed by atoms with van der Waals surface area (Å²) in [5.41, 5.74) is 0. The Hall–Kier alpha value is -0.960. The van der Waals surface area contributed by atoms with Crippen molar-refractivity contribution in [2.24, 2.45) is 5.92 Å². The van der Waals surface area contributed by atoms with Gasteiger partial charge in [0.15, 0.2) is 0 Å². The molecule has 7 nitrogen and oxygen atoms in total. The lowest BCUT2D eigenvalue weighted by atomic mass is 10.0. The highest BCUT2D eigenvalue weighted by Gasteiger charge is 2.35. The van der Waals surface area contributed by atoms with E-state index in [0.29, 0.717) is 26.3 Å². The number of rotatable bonds is 5. The highest BCUT2D eigenvalue weighted by molar-refractivity contribution is 7.89. The van der Waals surface area contributed by atoms with Crippen LogP contribution in [0.4, 0.5) is 0 Å². The van der Waals surface area contributed by atoms with Gasteiger partial charge in [0.05, 0.1) is 11.8 Å². The maximum absolute atomic E-state index is 12.8. The molecule has 0 aliphatic carbocycles. The first-order chi connectivity index (χ1) is 11.1. The third-order valence-corrected chi connectivity index (χ3v) is 6.89. The smallest absolute Gasteiger partial charge is 0.214 e. The van der Waals surface area contributed by atoms with E-state index in [1.807, 2.05) is 0 Å². The molecule has 0 aromatic carbocycles. The third kappa shape index (κ3) is 3.93. The maximum atomic E-state index is 12.8. The molecular weight excluding hydrogens is 316 g/mol. The second-order valence-corrected chi connectivity index (χ2v) is 8.32. The Morgan fingerprint density at radius 2 is 2.13 bits per heavy atom. The van der Waals surface area contributed by atoms with Gasteiger partial charge in [-0.05, 0) is 25.3 Å². The molecule has 1 unspecified atom stereocenters. The Morgan fingerprint density at radius 3 is 2.78 bits per heavy atom. The summed E-state index contributed by atoms with van der Waals surface area (Å²) in [7, 11) is -3.23. The van der Waals surface area contributed by atoms with Crippen LogP contribution in [0.1, 0.15) is 31.6 Å². The van der Waals surface area contributed by atoms with Crippen molar-refractivity contribution in [2.45, 2.75) is 25.8 Å². The number of sulfonamides is 1. The second kappa shape index (κ2) is 7.29. The summed E-state index contributed by atoms with van der Waals surface area (Å²) in [6, 6.07) is 0.00761. The largest absolute Gasteiger partial charge is 0.381 e. The first-order valence-electron chi connectivity index (χ1n) is 8.39. The van der Waals surface area contributed by atoms with Gasteiger partial charge in [0.2, 0.25) is 10.0 Å². The molecule has 2 fully saturated rings. The molecule has 1 N–H and O–H groups in total. The number of aromatic nitrogens is 2. The summed E-state index contributed by atoms with van der Waals surface area (Å²) in [6.07, 6.45) is 5.20. The van der Waals surface area contributed by atoms with Crippen LogP contribution >= 0.6 is 0 Å². The minimum absolute atomic E-state index is 0.00761. The van der Waals surface area contributed by atoms with Crippen molar-refractivity contribution in [3.63, 3.8) is 0 Å². The van der Waals surface area contributed by atoms with Gasteiger partial charge in [-0.15, -0.1) is 0 Å². The van der Waals surface area contributed by atoms with Crippen LogP contribution in [-0.2, 0) is 14.8 Å². The molecule has 23 heavy (non-hydrogen) atoms. The number of H-pyrrole nitrogens is 1. The van der Waals surface area contributed by atoms with Gasteiger partial charge in [0, 0.05) is 45.2 Å². The van der Waals surface area contributed by atoms with E-state index in [-0.39, 0.29) is 17.7 Å². The fraction of sp³-hybridized carbons (Fsp3) is 0.800.